The van der Waals surface area contributed by atoms with Crippen LogP contribution in [0, 0.1) is 0 Å². The molecule has 1 aromatic carbocycles. The van der Waals surface area contributed by atoms with Gasteiger partial charge >= 0.3 is 6.18 Å². The van der Waals surface area contributed by atoms with E-state index in [9.17, 15) is 13.2 Å². The maximum Gasteiger partial charge on any atom is 0.422 e. The zero-order valence-electron chi connectivity index (χ0n) is 10.4. The maximum absolute atomic E-state index is 12.2. The number of hydrogen-bond acceptors (Lipinski definition) is 3. The summed E-state index contributed by atoms with van der Waals surface area (Å²) in [4.78, 5) is 0. The minimum Gasteiger partial charge on any atom is -0.485 e. The third-order valence-electron chi connectivity index (χ3n) is 2.79. The number of piperidine rings is 1. The molecule has 2 rings (SSSR count). The molecular weight excluding hydrogens is 259 g/mol. The van der Waals surface area contributed by atoms with Gasteiger partial charge in [-0.3, -0.25) is 0 Å². The predicted molar refractivity (Wildman–Crippen MR) is 64.5 cm³/mol. The third kappa shape index (κ3) is 4.63. The van der Waals surface area contributed by atoms with Gasteiger partial charge in [-0.25, -0.2) is 0 Å². The largest absolute Gasteiger partial charge is 0.485 e. The summed E-state index contributed by atoms with van der Waals surface area (Å²) in [7, 11) is 0. The van der Waals surface area contributed by atoms with Gasteiger partial charge < -0.3 is 14.8 Å². The number of benzene rings is 1. The first-order valence-electron chi connectivity index (χ1n) is 6.20. The Morgan fingerprint density at radius 2 is 1.95 bits per heavy atom. The first-order chi connectivity index (χ1) is 9.04. The standard InChI is InChI=1S/C13H16F3NO2/c14-13(15,16)9-18-11-5-1-2-6-12(11)19-10-4-3-7-17-8-10/h1-2,5-6,10,17H,3-4,7-9H2. The van der Waals surface area contributed by atoms with Gasteiger partial charge in [0.2, 0.25) is 0 Å². The van der Waals surface area contributed by atoms with Crippen LogP contribution in [0.25, 0.3) is 0 Å². The van der Waals surface area contributed by atoms with E-state index in [4.69, 9.17) is 9.47 Å². The van der Waals surface area contributed by atoms with Crippen LogP contribution in [0.1, 0.15) is 12.8 Å². The van der Waals surface area contributed by atoms with Crippen molar-refractivity contribution in [1.82, 2.24) is 5.32 Å². The van der Waals surface area contributed by atoms with Gasteiger partial charge in [-0.15, -0.1) is 0 Å². The van der Waals surface area contributed by atoms with Gasteiger partial charge in [0.25, 0.3) is 0 Å². The number of alkyl halides is 3. The van der Waals surface area contributed by atoms with E-state index in [0.29, 0.717) is 12.3 Å². The molecule has 6 heteroatoms. The van der Waals surface area contributed by atoms with Crippen molar-refractivity contribution >= 4 is 0 Å². The monoisotopic (exact) mass is 275 g/mol. The lowest BCUT2D eigenvalue weighted by atomic mass is 10.1. The van der Waals surface area contributed by atoms with E-state index in [1.54, 1.807) is 18.2 Å². The molecule has 1 unspecified atom stereocenters. The molecule has 3 nitrogen and oxygen atoms in total. The van der Waals surface area contributed by atoms with Crippen LogP contribution >= 0.6 is 0 Å². The van der Waals surface area contributed by atoms with E-state index in [1.807, 2.05) is 0 Å². The Labute approximate surface area is 109 Å². The molecule has 0 radical (unpaired) electrons. The molecule has 0 aromatic heterocycles. The van der Waals surface area contributed by atoms with Crippen LogP contribution in [-0.2, 0) is 0 Å². The van der Waals surface area contributed by atoms with E-state index in [1.165, 1.54) is 6.07 Å². The lowest BCUT2D eigenvalue weighted by Crippen LogP contribution is -2.37. The van der Waals surface area contributed by atoms with Crippen LogP contribution < -0.4 is 14.8 Å². The van der Waals surface area contributed by atoms with E-state index in [2.05, 4.69) is 5.32 Å². The fraction of sp³-hybridized carbons (Fsp3) is 0.538. The first kappa shape index (κ1) is 14.0. The van der Waals surface area contributed by atoms with Gasteiger partial charge in [0.05, 0.1) is 0 Å². The molecule has 106 valence electrons. The number of para-hydroxylation sites is 2. The average Bonchev–Trinajstić information content (AvgIpc) is 2.38. The molecule has 1 heterocycles. The number of nitrogens with one attached hydrogen (secondary N) is 1. The molecule has 1 fully saturated rings. The Hall–Kier alpha value is -1.43. The highest BCUT2D eigenvalue weighted by atomic mass is 19.4. The molecule has 1 N–H and O–H groups in total. The van der Waals surface area contributed by atoms with Crippen LogP contribution in [0.3, 0.4) is 0 Å². The number of halogens is 3. The van der Waals surface area contributed by atoms with Gasteiger partial charge in [0.1, 0.15) is 6.10 Å². The second kappa shape index (κ2) is 6.14. The van der Waals surface area contributed by atoms with Crippen LogP contribution in [0.2, 0.25) is 0 Å². The van der Waals surface area contributed by atoms with Crippen LogP contribution in [-0.4, -0.2) is 32.0 Å². The second-order valence-corrected chi connectivity index (χ2v) is 4.44. The normalized spacial score (nSPS) is 20.1. The molecule has 0 spiro atoms. The molecule has 0 amide bonds. The summed E-state index contributed by atoms with van der Waals surface area (Å²) in [6.07, 6.45) is -2.49. The summed E-state index contributed by atoms with van der Waals surface area (Å²) in [6, 6.07) is 6.45. The second-order valence-electron chi connectivity index (χ2n) is 4.44. The van der Waals surface area contributed by atoms with Crippen LogP contribution in [0.5, 0.6) is 11.5 Å². The minimum atomic E-state index is -4.35. The summed E-state index contributed by atoms with van der Waals surface area (Å²) >= 11 is 0. The predicted octanol–water partition coefficient (Wildman–Crippen LogP) is 2.76. The van der Waals surface area contributed by atoms with Gasteiger partial charge in [-0.2, -0.15) is 13.2 Å². The van der Waals surface area contributed by atoms with Gasteiger partial charge in [0, 0.05) is 6.54 Å². The fourth-order valence-electron chi connectivity index (χ4n) is 1.93. The van der Waals surface area contributed by atoms with Crippen LogP contribution in [0.4, 0.5) is 13.2 Å². The van der Waals surface area contributed by atoms with Crippen molar-refractivity contribution in [2.75, 3.05) is 19.7 Å². The van der Waals surface area contributed by atoms with Gasteiger partial charge in [-0.05, 0) is 31.5 Å². The van der Waals surface area contributed by atoms with Crippen molar-refractivity contribution < 1.29 is 22.6 Å². The fourth-order valence-corrected chi connectivity index (χ4v) is 1.93. The van der Waals surface area contributed by atoms with Crippen molar-refractivity contribution in [1.29, 1.82) is 0 Å². The highest BCUT2D eigenvalue weighted by molar-refractivity contribution is 5.39. The molecule has 0 aliphatic carbocycles. The Bertz CT molecular complexity index is 403. The summed E-state index contributed by atoms with van der Waals surface area (Å²) in [5.41, 5.74) is 0. The van der Waals surface area contributed by atoms with Crippen LogP contribution in [0.15, 0.2) is 24.3 Å². The molecule has 19 heavy (non-hydrogen) atoms. The smallest absolute Gasteiger partial charge is 0.422 e. The average molecular weight is 275 g/mol. The third-order valence-corrected chi connectivity index (χ3v) is 2.79. The number of hydrogen-bond donors (Lipinski definition) is 1. The van der Waals surface area contributed by atoms with Gasteiger partial charge in [-0.1, -0.05) is 12.1 Å². The lowest BCUT2D eigenvalue weighted by molar-refractivity contribution is -0.153. The first-order valence-corrected chi connectivity index (χ1v) is 6.20. The molecule has 0 bridgehead atoms. The summed E-state index contributed by atoms with van der Waals surface area (Å²) in [5.74, 6) is 0.492. The van der Waals surface area contributed by atoms with E-state index in [-0.39, 0.29) is 11.9 Å². The quantitative estimate of drug-likeness (QED) is 0.916. The lowest BCUT2D eigenvalue weighted by Gasteiger charge is -2.25. The van der Waals surface area contributed by atoms with Crippen molar-refractivity contribution in [3.05, 3.63) is 24.3 Å². The zero-order chi connectivity index (χ0) is 13.7. The summed E-state index contributed by atoms with van der Waals surface area (Å²) < 4.78 is 46.9. The van der Waals surface area contributed by atoms with Crippen molar-refractivity contribution in [2.24, 2.45) is 0 Å². The Kier molecular flexibility index (Phi) is 4.52. The Morgan fingerprint density at radius 1 is 1.21 bits per heavy atom. The van der Waals surface area contributed by atoms with E-state index >= 15 is 0 Å². The molecule has 1 atom stereocenters. The maximum atomic E-state index is 12.2. The number of ether oxygens (including phenoxy) is 2. The van der Waals surface area contributed by atoms with Crippen molar-refractivity contribution in [3.8, 4) is 11.5 Å². The number of rotatable bonds is 4. The Morgan fingerprint density at radius 3 is 2.58 bits per heavy atom. The SMILES string of the molecule is FC(F)(F)COc1ccccc1OC1CCCNC1. The topological polar surface area (TPSA) is 30.5 Å². The highest BCUT2D eigenvalue weighted by Gasteiger charge is 2.29. The minimum absolute atomic E-state index is 0.0237. The van der Waals surface area contributed by atoms with Gasteiger partial charge in [0.15, 0.2) is 18.1 Å². The summed E-state index contributed by atoms with van der Waals surface area (Å²) in [5, 5.41) is 3.18. The van der Waals surface area contributed by atoms with Crippen molar-refractivity contribution in [3.63, 3.8) is 0 Å². The molecule has 1 saturated heterocycles. The molecular formula is C13H16F3NO2. The molecule has 1 aliphatic heterocycles. The molecule has 1 aromatic rings. The Balaban J connectivity index is 1.99. The summed E-state index contributed by atoms with van der Waals surface area (Å²) in [6.45, 7) is 0.343. The zero-order valence-corrected chi connectivity index (χ0v) is 10.4. The van der Waals surface area contributed by atoms with E-state index < -0.39 is 12.8 Å². The van der Waals surface area contributed by atoms with Crippen molar-refractivity contribution in [2.45, 2.75) is 25.1 Å². The van der Waals surface area contributed by atoms with E-state index in [0.717, 1.165) is 19.4 Å². The highest BCUT2D eigenvalue weighted by Crippen LogP contribution is 2.30. The molecule has 1 aliphatic rings. The molecule has 0 saturated carbocycles.